The number of hydrogen-bond acceptors (Lipinski definition) is 6. The summed E-state index contributed by atoms with van der Waals surface area (Å²) < 4.78 is 39.7. The van der Waals surface area contributed by atoms with E-state index in [-0.39, 0.29) is 23.4 Å². The number of aliphatic hydroxyl groups excluding tert-OH is 1. The number of fused-ring (bicyclic) bond motifs is 1. The van der Waals surface area contributed by atoms with Crippen LogP contribution in [0.25, 0.3) is 11.0 Å². The second-order valence-corrected chi connectivity index (χ2v) is 6.77. The number of benzene rings is 2. The normalized spacial score (nSPS) is 11.5. The lowest BCUT2D eigenvalue weighted by molar-refractivity contribution is -0.137. The zero-order valence-corrected chi connectivity index (χ0v) is 16.7. The Morgan fingerprint density at radius 2 is 1.84 bits per heavy atom. The van der Waals surface area contributed by atoms with Gasteiger partial charge in [-0.15, -0.1) is 0 Å². The zero-order chi connectivity index (χ0) is 23.3. The summed E-state index contributed by atoms with van der Waals surface area (Å²) >= 11 is 0. The third-order valence-corrected chi connectivity index (χ3v) is 4.47. The average molecular weight is 450 g/mol. The Morgan fingerprint density at radius 1 is 1.09 bits per heavy atom. The second-order valence-electron chi connectivity index (χ2n) is 6.77. The lowest BCUT2D eigenvalue weighted by Gasteiger charge is -2.13. The van der Waals surface area contributed by atoms with Gasteiger partial charge in [0.15, 0.2) is 0 Å². The van der Waals surface area contributed by atoms with Crippen LogP contribution in [-0.4, -0.2) is 53.1 Å². The van der Waals surface area contributed by atoms with Gasteiger partial charge in [-0.25, -0.2) is 4.98 Å². The van der Waals surface area contributed by atoms with Crippen LogP contribution >= 0.6 is 0 Å². The van der Waals surface area contributed by atoms with Crippen molar-refractivity contribution in [1.82, 2.24) is 15.3 Å². The molecule has 3 rings (SSSR count). The van der Waals surface area contributed by atoms with Gasteiger partial charge < -0.3 is 31.8 Å². The van der Waals surface area contributed by atoms with Crippen molar-refractivity contribution in [3.8, 4) is 0 Å². The molecule has 0 saturated heterocycles. The van der Waals surface area contributed by atoms with Crippen molar-refractivity contribution >= 4 is 34.5 Å². The van der Waals surface area contributed by atoms with E-state index in [4.69, 9.17) is 10.8 Å². The van der Waals surface area contributed by atoms with Crippen LogP contribution in [-0.2, 0) is 6.18 Å². The monoisotopic (exact) mass is 450 g/mol. The van der Waals surface area contributed by atoms with E-state index in [2.05, 4.69) is 25.9 Å². The van der Waals surface area contributed by atoms with Crippen molar-refractivity contribution in [2.45, 2.75) is 6.18 Å². The fraction of sp³-hybridized carbons (Fsp3) is 0.250. The molecule has 0 radical (unpaired) electrons. The van der Waals surface area contributed by atoms with Crippen LogP contribution < -0.4 is 21.7 Å². The van der Waals surface area contributed by atoms with Crippen molar-refractivity contribution in [2.75, 3.05) is 36.9 Å². The molecule has 170 valence electrons. The lowest BCUT2D eigenvalue weighted by atomic mass is 10.1. The van der Waals surface area contributed by atoms with Gasteiger partial charge in [-0.05, 0) is 24.3 Å². The predicted molar refractivity (Wildman–Crippen MR) is 112 cm³/mol. The molecule has 0 unspecified atom stereocenters. The van der Waals surface area contributed by atoms with Crippen LogP contribution in [0.1, 0.15) is 26.3 Å². The van der Waals surface area contributed by atoms with Crippen molar-refractivity contribution in [3.05, 3.63) is 53.1 Å². The fourth-order valence-corrected chi connectivity index (χ4v) is 3.06. The molecule has 3 aromatic rings. The Labute approximate surface area is 180 Å². The van der Waals surface area contributed by atoms with E-state index in [9.17, 15) is 22.8 Å². The zero-order valence-electron chi connectivity index (χ0n) is 16.7. The van der Waals surface area contributed by atoms with E-state index in [0.717, 1.165) is 12.1 Å². The van der Waals surface area contributed by atoms with Gasteiger partial charge in [0.05, 0.1) is 28.8 Å². The topological polar surface area (TPSA) is 145 Å². The molecule has 0 spiro atoms. The standard InChI is InChI=1S/C20H21F3N6O3/c21-20(22,23)14-4-2-1-3-12(14)18(32)27-11-9-13(17(24)31)16-15(10-11)28-19(29-16)26-6-5-25-7-8-30/h1-4,9-10,25,30H,5-8H2,(H2,24,31)(H,27,32)(H2,26,28,29). The predicted octanol–water partition coefficient (Wildman–Crippen LogP) is 1.93. The maximum absolute atomic E-state index is 13.2. The number of amides is 2. The SMILES string of the molecule is NC(=O)c1cc(NC(=O)c2ccccc2C(F)(F)F)cc2[nH]c(NCCNCCO)nc12. The first-order chi connectivity index (χ1) is 15.2. The number of nitrogens with zero attached hydrogens (tertiary/aromatic N) is 1. The molecule has 7 N–H and O–H groups in total. The van der Waals surface area contributed by atoms with E-state index < -0.39 is 29.1 Å². The maximum atomic E-state index is 13.2. The van der Waals surface area contributed by atoms with Gasteiger partial charge in [0.2, 0.25) is 5.95 Å². The number of H-pyrrole nitrogens is 1. The molecule has 2 amide bonds. The molecule has 12 heteroatoms. The summed E-state index contributed by atoms with van der Waals surface area (Å²) in [5.74, 6) is -1.47. The Bertz CT molecular complexity index is 1130. The first-order valence-corrected chi connectivity index (χ1v) is 9.57. The fourth-order valence-electron chi connectivity index (χ4n) is 3.06. The average Bonchev–Trinajstić information content (AvgIpc) is 3.15. The Morgan fingerprint density at radius 3 is 2.53 bits per heavy atom. The summed E-state index contributed by atoms with van der Waals surface area (Å²) in [6.07, 6.45) is -4.70. The number of nitrogens with two attached hydrogens (primary N) is 1. The number of carbonyl (C=O) groups is 2. The highest BCUT2D eigenvalue weighted by molar-refractivity contribution is 6.10. The molecule has 0 aliphatic heterocycles. The summed E-state index contributed by atoms with van der Waals surface area (Å²) in [5.41, 5.74) is 4.47. The molecule has 0 saturated carbocycles. The number of imidazole rings is 1. The molecule has 1 aromatic heterocycles. The molecule has 1 heterocycles. The smallest absolute Gasteiger partial charge is 0.395 e. The Balaban J connectivity index is 1.86. The third kappa shape index (κ3) is 5.34. The molecule has 9 nitrogen and oxygen atoms in total. The highest BCUT2D eigenvalue weighted by Gasteiger charge is 2.34. The van der Waals surface area contributed by atoms with E-state index >= 15 is 0 Å². The van der Waals surface area contributed by atoms with Gasteiger partial charge >= 0.3 is 6.18 Å². The first-order valence-electron chi connectivity index (χ1n) is 9.57. The summed E-state index contributed by atoms with van der Waals surface area (Å²) in [6, 6.07) is 7.09. The molecule has 0 atom stereocenters. The van der Waals surface area contributed by atoms with E-state index in [0.29, 0.717) is 31.1 Å². The number of aromatic nitrogens is 2. The van der Waals surface area contributed by atoms with Crippen LogP contribution in [0.15, 0.2) is 36.4 Å². The van der Waals surface area contributed by atoms with Crippen LogP contribution in [0, 0.1) is 0 Å². The second kappa shape index (κ2) is 9.66. The van der Waals surface area contributed by atoms with E-state index in [1.165, 1.54) is 24.3 Å². The van der Waals surface area contributed by atoms with Gasteiger partial charge in [-0.3, -0.25) is 9.59 Å². The molecule has 0 fully saturated rings. The minimum Gasteiger partial charge on any atom is -0.395 e. The van der Waals surface area contributed by atoms with Crippen molar-refractivity contribution in [2.24, 2.45) is 5.73 Å². The van der Waals surface area contributed by atoms with Gasteiger partial charge in [0, 0.05) is 25.3 Å². The van der Waals surface area contributed by atoms with Crippen LogP contribution in [0.3, 0.4) is 0 Å². The number of aromatic amines is 1. The molecule has 0 aliphatic carbocycles. The number of rotatable bonds is 9. The molecule has 0 bridgehead atoms. The molecular formula is C20H21F3N6O3. The molecule has 32 heavy (non-hydrogen) atoms. The maximum Gasteiger partial charge on any atom is 0.417 e. The summed E-state index contributed by atoms with van der Waals surface area (Å²) in [6.45, 7) is 1.45. The first kappa shape index (κ1) is 23.0. The molecule has 0 aliphatic rings. The van der Waals surface area contributed by atoms with E-state index in [1.54, 1.807) is 0 Å². The Kier molecular flexibility index (Phi) is 6.95. The number of nitrogens with one attached hydrogen (secondary N) is 4. The largest absolute Gasteiger partial charge is 0.417 e. The van der Waals surface area contributed by atoms with Crippen LogP contribution in [0.5, 0.6) is 0 Å². The number of halogens is 3. The number of alkyl halides is 3. The van der Waals surface area contributed by atoms with Crippen LogP contribution in [0.2, 0.25) is 0 Å². The third-order valence-electron chi connectivity index (χ3n) is 4.47. The van der Waals surface area contributed by atoms with Gasteiger partial charge in [0.25, 0.3) is 11.8 Å². The highest BCUT2D eigenvalue weighted by atomic mass is 19.4. The Hall–Kier alpha value is -3.64. The van der Waals surface area contributed by atoms with Gasteiger partial charge in [-0.1, -0.05) is 12.1 Å². The van der Waals surface area contributed by atoms with Gasteiger partial charge in [-0.2, -0.15) is 13.2 Å². The molecule has 2 aromatic carbocycles. The summed E-state index contributed by atoms with van der Waals surface area (Å²) in [7, 11) is 0. The number of hydrogen-bond donors (Lipinski definition) is 6. The number of primary amides is 1. The van der Waals surface area contributed by atoms with E-state index in [1.807, 2.05) is 0 Å². The van der Waals surface area contributed by atoms with Crippen molar-refractivity contribution in [1.29, 1.82) is 0 Å². The number of aliphatic hydroxyl groups is 1. The van der Waals surface area contributed by atoms with Crippen molar-refractivity contribution in [3.63, 3.8) is 0 Å². The summed E-state index contributed by atoms with van der Waals surface area (Å²) in [5, 5.41) is 17.1. The van der Waals surface area contributed by atoms with Crippen LogP contribution in [0.4, 0.5) is 24.8 Å². The quantitative estimate of drug-likeness (QED) is 0.275. The number of anilines is 2. The minimum atomic E-state index is -4.70. The lowest BCUT2D eigenvalue weighted by Crippen LogP contribution is -2.25. The minimum absolute atomic E-state index is 0.00848. The highest BCUT2D eigenvalue weighted by Crippen LogP contribution is 2.32. The van der Waals surface area contributed by atoms with Crippen molar-refractivity contribution < 1.29 is 27.9 Å². The van der Waals surface area contributed by atoms with Gasteiger partial charge in [0.1, 0.15) is 5.52 Å². The number of carbonyl (C=O) groups excluding carboxylic acids is 2. The summed E-state index contributed by atoms with van der Waals surface area (Å²) in [4.78, 5) is 31.6. The molecular weight excluding hydrogens is 429 g/mol.